The lowest BCUT2D eigenvalue weighted by Crippen LogP contribution is -2.18. The molecule has 0 spiro atoms. The van der Waals surface area contributed by atoms with Gasteiger partial charge in [0.15, 0.2) is 0 Å². The highest BCUT2D eigenvalue weighted by Crippen LogP contribution is 2.33. The second kappa shape index (κ2) is 11.0. The van der Waals surface area contributed by atoms with E-state index in [1.54, 1.807) is 31.8 Å². The van der Waals surface area contributed by atoms with Crippen molar-refractivity contribution in [2.24, 2.45) is 0 Å². The fourth-order valence-electron chi connectivity index (χ4n) is 3.91. The molecular formula is C28H24N6O2S. The number of H-pyrrole nitrogens is 1. The molecular weight excluding hydrogens is 484 g/mol. The van der Waals surface area contributed by atoms with Crippen molar-refractivity contribution in [1.29, 1.82) is 0 Å². The van der Waals surface area contributed by atoms with E-state index < -0.39 is 0 Å². The summed E-state index contributed by atoms with van der Waals surface area (Å²) in [4.78, 5) is 38.7. The van der Waals surface area contributed by atoms with Crippen LogP contribution in [0.3, 0.4) is 0 Å². The topological polar surface area (TPSA) is 106 Å². The average molecular weight is 509 g/mol. The monoisotopic (exact) mass is 508 g/mol. The number of nitrogens with zero attached hydrogens (tertiary/aromatic N) is 4. The third-order valence-electron chi connectivity index (χ3n) is 5.77. The summed E-state index contributed by atoms with van der Waals surface area (Å²) in [5, 5.41) is 8.20. The van der Waals surface area contributed by atoms with E-state index in [1.165, 1.54) is 16.4 Å². The lowest BCUT2D eigenvalue weighted by atomic mass is 10.2. The van der Waals surface area contributed by atoms with Gasteiger partial charge in [-0.15, -0.1) is 0 Å². The van der Waals surface area contributed by atoms with Gasteiger partial charge in [0.2, 0.25) is 5.91 Å². The molecule has 2 aromatic carbocycles. The highest BCUT2D eigenvalue weighted by Gasteiger charge is 2.17. The summed E-state index contributed by atoms with van der Waals surface area (Å²) in [5.41, 5.74) is 3.67. The molecule has 184 valence electrons. The van der Waals surface area contributed by atoms with Gasteiger partial charge in [0.05, 0.1) is 28.8 Å². The van der Waals surface area contributed by atoms with Crippen molar-refractivity contribution in [2.75, 3.05) is 7.05 Å². The maximum absolute atomic E-state index is 13.3. The van der Waals surface area contributed by atoms with Crippen molar-refractivity contribution in [3.63, 3.8) is 0 Å². The molecule has 9 heteroatoms. The Morgan fingerprint density at radius 2 is 1.95 bits per heavy atom. The van der Waals surface area contributed by atoms with Crippen molar-refractivity contribution >= 4 is 46.6 Å². The molecule has 5 aromatic rings. The Morgan fingerprint density at radius 1 is 1.08 bits per heavy atom. The average Bonchev–Trinajstić information content (AvgIpc) is 3.59. The van der Waals surface area contributed by atoms with Crippen LogP contribution in [0.1, 0.15) is 38.7 Å². The first kappa shape index (κ1) is 24.2. The Morgan fingerprint density at radius 3 is 2.73 bits per heavy atom. The molecule has 0 aliphatic rings. The Kier molecular flexibility index (Phi) is 7.23. The highest BCUT2D eigenvalue weighted by atomic mass is 32.2. The number of nitrogens with one attached hydrogen (secondary N) is 2. The van der Waals surface area contributed by atoms with Gasteiger partial charge in [-0.3, -0.25) is 14.6 Å². The van der Waals surface area contributed by atoms with Gasteiger partial charge in [-0.05, 0) is 61.0 Å². The molecule has 0 saturated carbocycles. The quantitative estimate of drug-likeness (QED) is 0.302. The first-order chi connectivity index (χ1) is 18.1. The first-order valence-electron chi connectivity index (χ1n) is 11.7. The number of hydrogen-bond donors (Lipinski definition) is 2. The summed E-state index contributed by atoms with van der Waals surface area (Å²) in [5.74, 6) is -0.268. The minimum atomic E-state index is -0.148. The molecule has 0 saturated heterocycles. The summed E-state index contributed by atoms with van der Waals surface area (Å²) in [6, 6.07) is 19.0. The smallest absolute Gasteiger partial charge is 0.252 e. The van der Waals surface area contributed by atoms with Crippen molar-refractivity contribution < 1.29 is 9.59 Å². The molecule has 0 aliphatic heterocycles. The predicted molar refractivity (Wildman–Crippen MR) is 144 cm³/mol. The first-order valence-corrected chi connectivity index (χ1v) is 12.6. The summed E-state index contributed by atoms with van der Waals surface area (Å²) in [6.07, 6.45) is 9.61. The van der Waals surface area contributed by atoms with Crippen LogP contribution in [-0.2, 0) is 6.42 Å². The number of carbonyl (C=O) groups is 2. The number of carbonyl (C=O) groups excluding carboxylic acids is 2. The summed E-state index contributed by atoms with van der Waals surface area (Å²) in [7, 11) is 1.61. The highest BCUT2D eigenvalue weighted by molar-refractivity contribution is 7.99. The minimum absolute atomic E-state index is 0.120. The number of amides is 1. The molecule has 0 radical (unpaired) electrons. The molecule has 2 N–H and O–H groups in total. The number of aryl methyl sites for hydroxylation is 1. The summed E-state index contributed by atoms with van der Waals surface area (Å²) in [6.45, 7) is 0. The van der Waals surface area contributed by atoms with Crippen LogP contribution in [-0.4, -0.2) is 43.6 Å². The van der Waals surface area contributed by atoms with Crippen LogP contribution in [0.15, 0.2) is 89.2 Å². The van der Waals surface area contributed by atoms with Crippen molar-refractivity contribution in [3.05, 3.63) is 102 Å². The van der Waals surface area contributed by atoms with Crippen LogP contribution in [0.5, 0.6) is 0 Å². The van der Waals surface area contributed by atoms with Gasteiger partial charge in [-0.2, -0.15) is 9.78 Å². The van der Waals surface area contributed by atoms with Gasteiger partial charge in [0, 0.05) is 46.7 Å². The van der Waals surface area contributed by atoms with Gasteiger partial charge < -0.3 is 10.3 Å². The second-order valence-corrected chi connectivity index (χ2v) is 9.33. The Labute approximate surface area is 217 Å². The van der Waals surface area contributed by atoms with Crippen molar-refractivity contribution in [2.45, 2.75) is 22.6 Å². The van der Waals surface area contributed by atoms with E-state index in [0.29, 0.717) is 23.2 Å². The van der Waals surface area contributed by atoms with Crippen LogP contribution >= 0.6 is 11.8 Å². The Bertz CT molecular complexity index is 1580. The fraction of sp³-hybridized carbons (Fsp3) is 0.107. The number of rotatable bonds is 8. The van der Waals surface area contributed by atoms with Gasteiger partial charge in [-0.1, -0.05) is 30.0 Å². The molecule has 1 amide bonds. The third-order valence-corrected chi connectivity index (χ3v) is 6.83. The van der Waals surface area contributed by atoms with E-state index in [9.17, 15) is 9.59 Å². The van der Waals surface area contributed by atoms with E-state index in [4.69, 9.17) is 0 Å². The molecule has 0 bridgehead atoms. The van der Waals surface area contributed by atoms with Crippen molar-refractivity contribution in [3.8, 4) is 0 Å². The summed E-state index contributed by atoms with van der Waals surface area (Å²) < 4.78 is 1.47. The Balaban J connectivity index is 1.51. The second-order valence-electron chi connectivity index (χ2n) is 8.21. The zero-order chi connectivity index (χ0) is 25.6. The molecule has 37 heavy (non-hydrogen) atoms. The molecule has 0 fully saturated rings. The van der Waals surface area contributed by atoms with Gasteiger partial charge in [0.1, 0.15) is 0 Å². The zero-order valence-corrected chi connectivity index (χ0v) is 20.9. The lowest BCUT2D eigenvalue weighted by molar-refractivity contribution is 0.0891. The lowest BCUT2D eigenvalue weighted by Gasteiger charge is -2.08. The number of aromatic nitrogens is 5. The zero-order valence-electron chi connectivity index (χ0n) is 20.1. The minimum Gasteiger partial charge on any atom is -0.355 e. The molecule has 3 heterocycles. The van der Waals surface area contributed by atoms with Crippen LogP contribution in [0.2, 0.25) is 0 Å². The third kappa shape index (κ3) is 5.52. The molecule has 8 nitrogen and oxygen atoms in total. The van der Waals surface area contributed by atoms with E-state index in [1.807, 2.05) is 66.7 Å². The van der Waals surface area contributed by atoms with Crippen LogP contribution in [0, 0.1) is 0 Å². The number of pyridine rings is 1. The molecule has 5 rings (SSSR count). The van der Waals surface area contributed by atoms with Crippen LogP contribution < -0.4 is 5.32 Å². The van der Waals surface area contributed by atoms with E-state index >= 15 is 0 Å². The normalized spacial score (nSPS) is 11.3. The largest absolute Gasteiger partial charge is 0.355 e. The number of aromatic amines is 1. The predicted octanol–water partition coefficient (Wildman–Crippen LogP) is 5.11. The molecule has 0 unspecified atom stereocenters. The SMILES string of the molecule is CNC(=O)c1ccccc1Sc1ccc2c(/C=C/c3ccccn3)nn(C(=O)CCc3cnc[nH]3)c2c1. The standard InChI is InChI=1S/C28H24N6O2S/c1-29-28(36)23-7-2-3-8-26(23)37-21-11-12-22-24(13-9-19-6-4-5-15-31-19)33-34(25(22)16-21)27(35)14-10-20-17-30-18-32-20/h2-9,11-13,15-18H,10,14H2,1H3,(H,29,36)(H,30,32)/b13-9+. The van der Waals surface area contributed by atoms with Crippen LogP contribution in [0.4, 0.5) is 0 Å². The maximum atomic E-state index is 13.3. The van der Waals surface area contributed by atoms with Gasteiger partial charge in [0.25, 0.3) is 5.91 Å². The molecule has 3 aromatic heterocycles. The van der Waals surface area contributed by atoms with E-state index in [-0.39, 0.29) is 18.2 Å². The fourth-order valence-corrected chi connectivity index (χ4v) is 4.89. The number of hydrogen-bond acceptors (Lipinski definition) is 6. The van der Waals surface area contributed by atoms with Gasteiger partial charge >= 0.3 is 0 Å². The number of imidazole rings is 1. The molecule has 0 aliphatic carbocycles. The van der Waals surface area contributed by atoms with Gasteiger partial charge in [-0.25, -0.2) is 4.98 Å². The number of benzene rings is 2. The van der Waals surface area contributed by atoms with E-state index in [2.05, 4.69) is 25.4 Å². The number of fused-ring (bicyclic) bond motifs is 1. The maximum Gasteiger partial charge on any atom is 0.252 e. The van der Waals surface area contributed by atoms with Crippen molar-refractivity contribution in [1.82, 2.24) is 30.0 Å². The van der Waals surface area contributed by atoms with Crippen LogP contribution in [0.25, 0.3) is 23.1 Å². The molecule has 0 atom stereocenters. The summed E-state index contributed by atoms with van der Waals surface area (Å²) >= 11 is 1.47. The Hall–Kier alpha value is -4.50. The van der Waals surface area contributed by atoms with E-state index in [0.717, 1.165) is 26.6 Å².